The zero-order chi connectivity index (χ0) is 24.1. The maximum atomic E-state index is 13.2. The van der Waals surface area contributed by atoms with E-state index in [0.29, 0.717) is 22.3 Å². The Morgan fingerprint density at radius 1 is 1.06 bits per heavy atom. The van der Waals surface area contributed by atoms with Crippen LogP contribution in [-0.2, 0) is 17.9 Å². The standard InChI is InChI=1S/C22H19ClN6O5/c1-24-18(30)13-29-21(31)26-20(28(22(29)32)12-14-2-4-15(23)5-3-14)25-16-6-8-17(9-7-16)34-19-10-11-33-27-19/h2-11H,12-13H2,1H3,(H,24,30)(H,25,26,31). The number of rotatable bonds is 8. The van der Waals surface area contributed by atoms with Crippen LogP contribution < -0.4 is 26.7 Å². The summed E-state index contributed by atoms with van der Waals surface area (Å²) in [5.74, 6) is 0.330. The maximum Gasteiger partial charge on any atom is 0.355 e. The van der Waals surface area contributed by atoms with Crippen LogP contribution in [0.2, 0.25) is 5.02 Å². The van der Waals surface area contributed by atoms with Crippen molar-refractivity contribution < 1.29 is 14.1 Å². The zero-order valence-corrected chi connectivity index (χ0v) is 18.7. The number of aromatic nitrogens is 4. The van der Waals surface area contributed by atoms with E-state index in [-0.39, 0.29) is 12.5 Å². The summed E-state index contributed by atoms with van der Waals surface area (Å²) in [6, 6.07) is 15.2. The molecule has 0 radical (unpaired) electrons. The molecule has 0 aliphatic rings. The van der Waals surface area contributed by atoms with Crippen molar-refractivity contribution in [3.8, 4) is 11.6 Å². The van der Waals surface area contributed by atoms with E-state index in [0.717, 1.165) is 10.1 Å². The van der Waals surface area contributed by atoms with Crippen LogP contribution in [0.15, 0.2) is 75.0 Å². The van der Waals surface area contributed by atoms with E-state index in [1.54, 1.807) is 54.6 Å². The number of nitrogens with one attached hydrogen (secondary N) is 2. The minimum atomic E-state index is -0.852. The number of carbonyl (C=O) groups excluding carboxylic acids is 1. The number of halogens is 1. The van der Waals surface area contributed by atoms with Gasteiger partial charge in [0.05, 0.1) is 6.54 Å². The Morgan fingerprint density at radius 2 is 1.79 bits per heavy atom. The normalized spacial score (nSPS) is 10.6. The van der Waals surface area contributed by atoms with Gasteiger partial charge in [0.2, 0.25) is 11.9 Å². The average molecular weight is 483 g/mol. The molecule has 0 aliphatic heterocycles. The Hall–Kier alpha value is -4.38. The van der Waals surface area contributed by atoms with Crippen molar-refractivity contribution in [1.29, 1.82) is 0 Å². The summed E-state index contributed by atoms with van der Waals surface area (Å²) >= 11 is 5.96. The molecule has 0 atom stereocenters. The van der Waals surface area contributed by atoms with Gasteiger partial charge in [-0.05, 0) is 47.1 Å². The second kappa shape index (κ2) is 10.0. The number of ether oxygens (including phenoxy) is 1. The van der Waals surface area contributed by atoms with E-state index in [4.69, 9.17) is 20.9 Å². The molecule has 0 aliphatic carbocycles. The maximum absolute atomic E-state index is 13.2. The van der Waals surface area contributed by atoms with E-state index in [1.165, 1.54) is 17.9 Å². The molecule has 0 saturated carbocycles. The number of hydrogen-bond donors (Lipinski definition) is 2. The van der Waals surface area contributed by atoms with Crippen LogP contribution in [0, 0.1) is 0 Å². The Kier molecular flexibility index (Phi) is 6.74. The molecule has 2 aromatic heterocycles. The van der Waals surface area contributed by atoms with Crippen LogP contribution in [-0.4, -0.2) is 32.2 Å². The number of amides is 1. The molecule has 0 spiro atoms. The number of hydrogen-bond acceptors (Lipinski definition) is 8. The molecule has 0 saturated heterocycles. The number of likely N-dealkylation sites (N-methyl/N-ethyl adjacent to an activating group) is 1. The van der Waals surface area contributed by atoms with E-state index in [9.17, 15) is 14.4 Å². The average Bonchev–Trinajstić information content (AvgIpc) is 3.34. The lowest BCUT2D eigenvalue weighted by molar-refractivity contribution is -0.121. The summed E-state index contributed by atoms with van der Waals surface area (Å²) in [5.41, 5.74) is -0.243. The predicted octanol–water partition coefficient (Wildman–Crippen LogP) is 2.38. The molecule has 34 heavy (non-hydrogen) atoms. The summed E-state index contributed by atoms with van der Waals surface area (Å²) in [5, 5.41) is 9.60. The van der Waals surface area contributed by atoms with Gasteiger partial charge in [-0.15, -0.1) is 0 Å². The van der Waals surface area contributed by atoms with Gasteiger partial charge in [-0.3, -0.25) is 9.36 Å². The summed E-state index contributed by atoms with van der Waals surface area (Å²) in [6.45, 7) is -0.358. The van der Waals surface area contributed by atoms with Gasteiger partial charge >= 0.3 is 11.4 Å². The molecule has 4 rings (SSSR count). The molecule has 0 fully saturated rings. The fourth-order valence-corrected chi connectivity index (χ4v) is 3.13. The number of anilines is 2. The third-order valence-electron chi connectivity index (χ3n) is 4.73. The highest BCUT2D eigenvalue weighted by molar-refractivity contribution is 6.30. The van der Waals surface area contributed by atoms with E-state index >= 15 is 0 Å². The highest BCUT2D eigenvalue weighted by Gasteiger charge is 2.16. The topological polar surface area (TPSA) is 133 Å². The van der Waals surface area contributed by atoms with Crippen LogP contribution in [0.3, 0.4) is 0 Å². The minimum absolute atomic E-state index is 0.0169. The first-order valence-corrected chi connectivity index (χ1v) is 10.4. The van der Waals surface area contributed by atoms with Gasteiger partial charge in [-0.2, -0.15) is 4.98 Å². The molecule has 4 aromatic rings. The lowest BCUT2D eigenvalue weighted by atomic mass is 10.2. The van der Waals surface area contributed by atoms with Gasteiger partial charge in [-0.25, -0.2) is 14.2 Å². The van der Waals surface area contributed by atoms with Crippen LogP contribution in [0.5, 0.6) is 11.6 Å². The summed E-state index contributed by atoms with van der Waals surface area (Å²) in [6.07, 6.45) is 1.39. The van der Waals surface area contributed by atoms with Gasteiger partial charge < -0.3 is 19.9 Å². The van der Waals surface area contributed by atoms with Crippen molar-refractivity contribution in [3.05, 3.63) is 92.4 Å². The van der Waals surface area contributed by atoms with E-state index < -0.39 is 23.8 Å². The molecule has 174 valence electrons. The van der Waals surface area contributed by atoms with Crippen LogP contribution >= 0.6 is 11.6 Å². The minimum Gasteiger partial charge on any atom is -0.436 e. The molecule has 2 heterocycles. The van der Waals surface area contributed by atoms with Crippen molar-refractivity contribution >= 4 is 29.1 Å². The lowest BCUT2D eigenvalue weighted by Crippen LogP contribution is -2.45. The van der Waals surface area contributed by atoms with Crippen LogP contribution in [0.4, 0.5) is 11.6 Å². The number of nitrogens with zero attached hydrogens (tertiary/aromatic N) is 4. The lowest BCUT2D eigenvalue weighted by Gasteiger charge is -2.15. The van der Waals surface area contributed by atoms with Gasteiger partial charge in [0.1, 0.15) is 18.6 Å². The summed E-state index contributed by atoms with van der Waals surface area (Å²) in [4.78, 5) is 41.5. The first kappa shape index (κ1) is 22.8. The molecule has 2 N–H and O–H groups in total. The fourth-order valence-electron chi connectivity index (χ4n) is 3.01. The van der Waals surface area contributed by atoms with Crippen molar-refractivity contribution in [1.82, 2.24) is 24.6 Å². The van der Waals surface area contributed by atoms with E-state index in [1.807, 2.05) is 0 Å². The smallest absolute Gasteiger partial charge is 0.355 e. The van der Waals surface area contributed by atoms with Crippen molar-refractivity contribution in [2.45, 2.75) is 13.1 Å². The van der Waals surface area contributed by atoms with Gasteiger partial charge in [-0.1, -0.05) is 23.7 Å². The molecule has 0 bridgehead atoms. The van der Waals surface area contributed by atoms with Crippen molar-refractivity contribution in [3.63, 3.8) is 0 Å². The third kappa shape index (κ3) is 5.33. The van der Waals surface area contributed by atoms with Crippen molar-refractivity contribution in [2.75, 3.05) is 12.4 Å². The van der Waals surface area contributed by atoms with Gasteiger partial charge in [0, 0.05) is 23.8 Å². The number of carbonyl (C=O) groups is 1. The van der Waals surface area contributed by atoms with E-state index in [2.05, 4.69) is 20.8 Å². The van der Waals surface area contributed by atoms with Crippen molar-refractivity contribution in [2.24, 2.45) is 0 Å². The first-order chi connectivity index (χ1) is 16.4. The third-order valence-corrected chi connectivity index (χ3v) is 4.98. The monoisotopic (exact) mass is 482 g/mol. The van der Waals surface area contributed by atoms with Crippen LogP contribution in [0.25, 0.3) is 0 Å². The Bertz CT molecular complexity index is 1400. The molecule has 12 heteroatoms. The van der Waals surface area contributed by atoms with Gasteiger partial charge in [0.25, 0.3) is 5.88 Å². The predicted molar refractivity (Wildman–Crippen MR) is 124 cm³/mol. The molecular weight excluding hydrogens is 464 g/mol. The Labute approximate surface area is 197 Å². The fraction of sp³-hybridized carbons (Fsp3) is 0.136. The second-order valence-electron chi connectivity index (χ2n) is 7.06. The highest BCUT2D eigenvalue weighted by atomic mass is 35.5. The molecule has 0 unspecified atom stereocenters. The Morgan fingerprint density at radius 3 is 2.44 bits per heavy atom. The largest absolute Gasteiger partial charge is 0.436 e. The second-order valence-corrected chi connectivity index (χ2v) is 7.50. The number of benzene rings is 2. The highest BCUT2D eigenvalue weighted by Crippen LogP contribution is 2.23. The molecular formula is C22H19ClN6O5. The first-order valence-electron chi connectivity index (χ1n) is 10.0. The quantitative estimate of drug-likeness (QED) is 0.391. The van der Waals surface area contributed by atoms with Gasteiger partial charge in [0.15, 0.2) is 0 Å². The molecule has 1 amide bonds. The SMILES string of the molecule is CNC(=O)Cn1c(=O)nc(Nc2ccc(Oc3ccon3)cc2)n(Cc2ccc(Cl)cc2)c1=O. The Balaban J connectivity index is 1.67. The molecule has 11 nitrogen and oxygen atoms in total. The zero-order valence-electron chi connectivity index (χ0n) is 17.9. The van der Waals surface area contributed by atoms with Crippen LogP contribution in [0.1, 0.15) is 5.56 Å². The summed E-state index contributed by atoms with van der Waals surface area (Å²) in [7, 11) is 1.42. The molecule has 2 aromatic carbocycles. The summed E-state index contributed by atoms with van der Waals surface area (Å²) < 4.78 is 12.3.